The topological polar surface area (TPSA) is 35.8 Å². The molecular weight excluding hydrogens is 356 g/mol. The van der Waals surface area contributed by atoms with Crippen molar-refractivity contribution in [3.8, 4) is 6.07 Å². The standard InChI is InChI=1S/C14H10Br2N2/c1-9-6-11(3-4-12(9)15)18-14-5-2-10(8-17)7-13(14)16/h2-7,18H,1H3. The number of nitriles is 1. The van der Waals surface area contributed by atoms with Crippen molar-refractivity contribution < 1.29 is 0 Å². The van der Waals surface area contributed by atoms with Gasteiger partial charge in [0.25, 0.3) is 0 Å². The van der Waals surface area contributed by atoms with Crippen LogP contribution >= 0.6 is 31.9 Å². The van der Waals surface area contributed by atoms with Gasteiger partial charge in [-0.15, -0.1) is 0 Å². The van der Waals surface area contributed by atoms with Gasteiger partial charge in [0.15, 0.2) is 0 Å². The molecule has 1 N–H and O–H groups in total. The summed E-state index contributed by atoms with van der Waals surface area (Å²) in [7, 11) is 0. The van der Waals surface area contributed by atoms with E-state index in [0.29, 0.717) is 5.56 Å². The van der Waals surface area contributed by atoms with Gasteiger partial charge in [-0.25, -0.2) is 0 Å². The summed E-state index contributed by atoms with van der Waals surface area (Å²) >= 11 is 6.93. The second-order valence-corrected chi connectivity index (χ2v) is 5.60. The van der Waals surface area contributed by atoms with E-state index in [4.69, 9.17) is 5.26 Å². The van der Waals surface area contributed by atoms with Crippen molar-refractivity contribution in [1.29, 1.82) is 5.26 Å². The summed E-state index contributed by atoms with van der Waals surface area (Å²) in [6.45, 7) is 2.04. The molecule has 0 aromatic heterocycles. The minimum absolute atomic E-state index is 0.638. The Morgan fingerprint density at radius 3 is 2.44 bits per heavy atom. The Labute approximate surface area is 123 Å². The first-order chi connectivity index (χ1) is 8.60. The zero-order valence-corrected chi connectivity index (χ0v) is 12.8. The molecule has 0 heterocycles. The van der Waals surface area contributed by atoms with E-state index in [0.717, 1.165) is 20.3 Å². The van der Waals surface area contributed by atoms with Crippen molar-refractivity contribution in [1.82, 2.24) is 0 Å². The van der Waals surface area contributed by atoms with E-state index in [-0.39, 0.29) is 0 Å². The lowest BCUT2D eigenvalue weighted by atomic mass is 10.2. The minimum Gasteiger partial charge on any atom is -0.355 e. The fourth-order valence-corrected chi connectivity index (χ4v) is 2.29. The van der Waals surface area contributed by atoms with E-state index in [1.165, 1.54) is 5.56 Å². The van der Waals surface area contributed by atoms with Crippen molar-refractivity contribution in [2.45, 2.75) is 6.92 Å². The Kier molecular flexibility index (Phi) is 4.05. The summed E-state index contributed by atoms with van der Waals surface area (Å²) in [6, 6.07) is 13.7. The van der Waals surface area contributed by atoms with Crippen molar-refractivity contribution in [2.24, 2.45) is 0 Å². The number of nitrogens with zero attached hydrogens (tertiary/aromatic N) is 1. The predicted octanol–water partition coefficient (Wildman–Crippen LogP) is 5.14. The van der Waals surface area contributed by atoms with Crippen LogP contribution in [0.3, 0.4) is 0 Å². The molecule has 2 rings (SSSR count). The van der Waals surface area contributed by atoms with Crippen molar-refractivity contribution in [2.75, 3.05) is 5.32 Å². The number of hydrogen-bond donors (Lipinski definition) is 1. The third kappa shape index (κ3) is 2.92. The van der Waals surface area contributed by atoms with Gasteiger partial charge in [-0.3, -0.25) is 0 Å². The highest BCUT2D eigenvalue weighted by Crippen LogP contribution is 2.28. The maximum absolute atomic E-state index is 8.81. The normalized spacial score (nSPS) is 9.89. The van der Waals surface area contributed by atoms with E-state index in [2.05, 4.69) is 49.3 Å². The Morgan fingerprint density at radius 2 is 1.83 bits per heavy atom. The quantitative estimate of drug-likeness (QED) is 0.800. The van der Waals surface area contributed by atoms with E-state index in [9.17, 15) is 0 Å². The van der Waals surface area contributed by atoms with Gasteiger partial charge in [0.2, 0.25) is 0 Å². The highest BCUT2D eigenvalue weighted by atomic mass is 79.9. The molecule has 0 aliphatic carbocycles. The largest absolute Gasteiger partial charge is 0.355 e. The molecule has 0 spiro atoms. The molecule has 2 aromatic rings. The molecule has 0 fully saturated rings. The maximum atomic E-state index is 8.81. The van der Waals surface area contributed by atoms with Gasteiger partial charge >= 0.3 is 0 Å². The summed E-state index contributed by atoms with van der Waals surface area (Å²) in [5, 5.41) is 12.1. The molecule has 0 aliphatic rings. The molecule has 0 bridgehead atoms. The van der Waals surface area contributed by atoms with Crippen LogP contribution in [-0.4, -0.2) is 0 Å². The highest BCUT2D eigenvalue weighted by molar-refractivity contribution is 9.10. The summed E-state index contributed by atoms with van der Waals surface area (Å²) in [4.78, 5) is 0. The average Bonchev–Trinajstić information content (AvgIpc) is 2.36. The molecule has 0 saturated heterocycles. The first-order valence-corrected chi connectivity index (χ1v) is 6.91. The van der Waals surface area contributed by atoms with E-state index in [1.54, 1.807) is 12.1 Å². The highest BCUT2D eigenvalue weighted by Gasteiger charge is 2.03. The van der Waals surface area contributed by atoms with E-state index < -0.39 is 0 Å². The van der Waals surface area contributed by atoms with E-state index in [1.807, 2.05) is 25.1 Å². The van der Waals surface area contributed by atoms with E-state index >= 15 is 0 Å². The van der Waals surface area contributed by atoms with Crippen LogP contribution in [0.5, 0.6) is 0 Å². The molecule has 90 valence electrons. The first kappa shape index (κ1) is 13.1. The van der Waals surface area contributed by atoms with Crippen LogP contribution < -0.4 is 5.32 Å². The number of halogens is 2. The molecule has 4 heteroatoms. The second-order valence-electron chi connectivity index (χ2n) is 3.90. The molecule has 18 heavy (non-hydrogen) atoms. The molecule has 0 saturated carbocycles. The molecule has 0 aliphatic heterocycles. The summed E-state index contributed by atoms with van der Waals surface area (Å²) in [5.74, 6) is 0. The monoisotopic (exact) mass is 364 g/mol. The third-order valence-electron chi connectivity index (χ3n) is 2.54. The molecule has 0 unspecified atom stereocenters. The number of nitrogens with one attached hydrogen (secondary N) is 1. The van der Waals surface area contributed by atoms with Gasteiger partial charge in [-0.05, 0) is 64.8 Å². The molecule has 2 aromatic carbocycles. The molecule has 0 amide bonds. The number of hydrogen-bond acceptors (Lipinski definition) is 2. The smallest absolute Gasteiger partial charge is 0.0992 e. The number of benzene rings is 2. The Hall–Kier alpha value is -1.31. The number of rotatable bonds is 2. The molecular formula is C14H10Br2N2. The van der Waals surface area contributed by atoms with Crippen LogP contribution in [0.1, 0.15) is 11.1 Å². The lowest BCUT2D eigenvalue weighted by Gasteiger charge is -2.10. The SMILES string of the molecule is Cc1cc(Nc2ccc(C#N)cc2Br)ccc1Br. The van der Waals surface area contributed by atoms with Crippen LogP contribution in [0.2, 0.25) is 0 Å². The van der Waals surface area contributed by atoms with Crippen LogP contribution in [-0.2, 0) is 0 Å². The van der Waals surface area contributed by atoms with Crippen LogP contribution in [0.4, 0.5) is 11.4 Å². The number of anilines is 2. The lowest BCUT2D eigenvalue weighted by molar-refractivity contribution is 1.41. The van der Waals surface area contributed by atoms with Gasteiger partial charge < -0.3 is 5.32 Å². The zero-order valence-electron chi connectivity index (χ0n) is 9.67. The van der Waals surface area contributed by atoms with Crippen molar-refractivity contribution in [3.63, 3.8) is 0 Å². The fourth-order valence-electron chi connectivity index (χ4n) is 1.56. The minimum atomic E-state index is 0.638. The third-order valence-corrected chi connectivity index (χ3v) is 4.08. The van der Waals surface area contributed by atoms with Crippen molar-refractivity contribution in [3.05, 3.63) is 56.5 Å². The van der Waals surface area contributed by atoms with Crippen LogP contribution in [0.15, 0.2) is 45.3 Å². The molecule has 0 radical (unpaired) electrons. The van der Waals surface area contributed by atoms with Crippen molar-refractivity contribution >= 4 is 43.2 Å². The molecule has 2 nitrogen and oxygen atoms in total. The predicted molar refractivity (Wildman–Crippen MR) is 81.0 cm³/mol. The average molecular weight is 366 g/mol. The van der Waals surface area contributed by atoms with Gasteiger partial charge in [-0.2, -0.15) is 5.26 Å². The maximum Gasteiger partial charge on any atom is 0.0992 e. The second kappa shape index (κ2) is 5.55. The molecule has 0 atom stereocenters. The van der Waals surface area contributed by atoms with Gasteiger partial charge in [0.1, 0.15) is 0 Å². The number of aryl methyl sites for hydroxylation is 1. The Bertz CT molecular complexity index is 630. The lowest BCUT2D eigenvalue weighted by Crippen LogP contribution is -1.92. The zero-order chi connectivity index (χ0) is 13.1. The van der Waals surface area contributed by atoms with Gasteiger partial charge in [0.05, 0.1) is 17.3 Å². The van der Waals surface area contributed by atoms with Gasteiger partial charge in [0, 0.05) is 14.6 Å². The summed E-state index contributed by atoms with van der Waals surface area (Å²) in [5.41, 5.74) is 3.76. The fraction of sp³-hybridized carbons (Fsp3) is 0.0714. The Morgan fingerprint density at radius 1 is 1.06 bits per heavy atom. The van der Waals surface area contributed by atoms with Crippen LogP contribution in [0, 0.1) is 18.3 Å². The summed E-state index contributed by atoms with van der Waals surface area (Å²) < 4.78 is 1.97. The van der Waals surface area contributed by atoms with Crippen LogP contribution in [0.25, 0.3) is 0 Å². The first-order valence-electron chi connectivity index (χ1n) is 5.33. The summed E-state index contributed by atoms with van der Waals surface area (Å²) in [6.07, 6.45) is 0. The Balaban J connectivity index is 2.29. The van der Waals surface area contributed by atoms with Gasteiger partial charge in [-0.1, -0.05) is 15.9 Å².